The molecule has 7 aromatic rings. The van der Waals surface area contributed by atoms with Gasteiger partial charge in [0.2, 0.25) is 0 Å². The molecule has 0 saturated carbocycles. The smallest absolute Gasteiger partial charge is 0.151 e. The summed E-state index contributed by atoms with van der Waals surface area (Å²) in [5, 5.41) is 12.7. The third-order valence-electron chi connectivity index (χ3n) is 8.73. The molecule has 0 heterocycles. The van der Waals surface area contributed by atoms with Gasteiger partial charge in [0.25, 0.3) is 0 Å². The molecule has 0 aliphatic carbocycles. The van der Waals surface area contributed by atoms with Gasteiger partial charge in [-0.2, -0.15) is 0 Å². The maximum Gasteiger partial charge on any atom is 0.151 e. The molecule has 0 aromatic heterocycles. The molecule has 0 aliphatic heterocycles. The number of anilines is 1. The number of rotatable bonds is 9. The molecule has 0 unspecified atom stereocenters. The van der Waals surface area contributed by atoms with Gasteiger partial charge in [0.1, 0.15) is 28.2 Å². The van der Waals surface area contributed by atoms with Crippen molar-refractivity contribution in [1.29, 1.82) is 0 Å². The summed E-state index contributed by atoms with van der Waals surface area (Å²) in [6.45, 7) is -2.71. The normalized spacial score (nSPS) is 11.4. The Morgan fingerprint density at radius 1 is 0.375 bits per heavy atom. The van der Waals surface area contributed by atoms with Gasteiger partial charge in [-0.05, 0) is 64.4 Å². The highest BCUT2D eigenvalue weighted by atomic mass is 32.1. The molecule has 0 bridgehead atoms. The highest BCUT2D eigenvalue weighted by Crippen LogP contribution is 2.65. The average Bonchev–Trinajstić information content (AvgIpc) is 3.18. The molecule has 1 N–H and O–H groups in total. The van der Waals surface area contributed by atoms with Gasteiger partial charge in [0.15, 0.2) is 5.03 Å². The first-order chi connectivity index (χ1) is 23.8. The standard InChI is InChI=1S/C44H35NP2S/c48-43(45-36-22-8-1-9-23-36)44(46(37-24-10-2-11-25-37,38-26-12-3-13-27-38)39-28-14-4-15-29-39)47(40-30-16-5-17-31-40,41-32-18-6-19-33-41)42-34-20-7-21-35-42/h1-35H/p+1. The Labute approximate surface area is 290 Å². The second kappa shape index (κ2) is 14.5. The fraction of sp³-hybridized carbons (Fsp3) is 0. The Bertz CT molecular complexity index is 1940. The van der Waals surface area contributed by atoms with E-state index in [1.165, 1.54) is 36.9 Å². The molecule has 0 fully saturated rings. The van der Waals surface area contributed by atoms with Crippen LogP contribution in [0.4, 0.5) is 5.69 Å². The van der Waals surface area contributed by atoms with E-state index < -0.39 is 14.1 Å². The van der Waals surface area contributed by atoms with Crippen molar-refractivity contribution in [1.82, 2.24) is 0 Å². The van der Waals surface area contributed by atoms with Crippen molar-refractivity contribution in [3.63, 3.8) is 0 Å². The number of benzene rings is 7. The van der Waals surface area contributed by atoms with Crippen molar-refractivity contribution < 1.29 is 0 Å². The molecule has 0 spiro atoms. The number of hydrogen-bond acceptors (Lipinski definition) is 1. The zero-order valence-corrected chi connectivity index (χ0v) is 29.1. The molecule has 1 nitrogen and oxygen atoms in total. The first kappa shape index (κ1) is 31.7. The van der Waals surface area contributed by atoms with Gasteiger partial charge < -0.3 is 5.32 Å². The van der Waals surface area contributed by atoms with E-state index in [-0.39, 0.29) is 0 Å². The van der Waals surface area contributed by atoms with Gasteiger partial charge in [-0.3, -0.25) is 0 Å². The minimum Gasteiger partial charge on any atom is -0.343 e. The summed E-state index contributed by atoms with van der Waals surface area (Å²) in [5.74, 6) is 0. The maximum absolute atomic E-state index is 6.86. The number of para-hydroxylation sites is 1. The lowest BCUT2D eigenvalue weighted by atomic mass is 10.3. The predicted octanol–water partition coefficient (Wildman–Crippen LogP) is 8.54. The van der Waals surface area contributed by atoms with Crippen LogP contribution in [0.5, 0.6) is 0 Å². The van der Waals surface area contributed by atoms with Crippen LogP contribution >= 0.6 is 26.4 Å². The summed E-state index contributed by atoms with van der Waals surface area (Å²) < 4.78 is 0. The first-order valence-electron chi connectivity index (χ1n) is 16.1. The van der Waals surface area contributed by atoms with Crippen molar-refractivity contribution >= 4 is 73.9 Å². The summed E-state index contributed by atoms with van der Waals surface area (Å²) >= 11 is 6.86. The third kappa shape index (κ3) is 5.78. The number of nitrogens with one attached hydrogen (secondary N) is 1. The van der Waals surface area contributed by atoms with Gasteiger partial charge in [-0.15, -0.1) is 0 Å². The topological polar surface area (TPSA) is 12.0 Å². The minimum atomic E-state index is -2.71. The molecule has 0 saturated heterocycles. The maximum atomic E-state index is 6.86. The molecule has 0 radical (unpaired) electrons. The van der Waals surface area contributed by atoms with E-state index in [0.717, 1.165) is 10.7 Å². The number of thiocarbonyl (C=S) groups is 1. The lowest BCUT2D eigenvalue weighted by Gasteiger charge is -2.38. The molecule has 232 valence electrons. The highest BCUT2D eigenvalue weighted by Gasteiger charge is 2.56. The van der Waals surface area contributed by atoms with Crippen LogP contribution in [0.3, 0.4) is 0 Å². The zero-order chi connectivity index (χ0) is 32.7. The van der Waals surface area contributed by atoms with E-state index in [9.17, 15) is 0 Å². The molecule has 4 heteroatoms. The highest BCUT2D eigenvalue weighted by molar-refractivity contribution is 8.24. The summed E-state index contributed by atoms with van der Waals surface area (Å²) in [7, 11) is -2.71. The van der Waals surface area contributed by atoms with Crippen LogP contribution in [0, 0.1) is 0 Å². The van der Waals surface area contributed by atoms with Crippen LogP contribution in [-0.4, -0.2) is 10.0 Å². The summed E-state index contributed by atoms with van der Waals surface area (Å²) in [4.78, 5) is 0.760. The van der Waals surface area contributed by atoms with Crippen molar-refractivity contribution in [3.05, 3.63) is 212 Å². The van der Waals surface area contributed by atoms with E-state index in [1.54, 1.807) is 0 Å². The number of hydrogen-bond donors (Lipinski definition) is 1. The fourth-order valence-corrected chi connectivity index (χ4v) is 19.3. The van der Waals surface area contributed by atoms with Crippen LogP contribution in [0.1, 0.15) is 0 Å². The third-order valence-corrected chi connectivity index (χ3v) is 19.3. The van der Waals surface area contributed by atoms with Gasteiger partial charge in [0.05, 0.1) is 0 Å². The summed E-state index contributed by atoms with van der Waals surface area (Å²) in [6, 6.07) is 76.9. The Morgan fingerprint density at radius 3 is 0.958 bits per heavy atom. The first-order valence-corrected chi connectivity index (χ1v) is 20.1. The van der Waals surface area contributed by atoms with E-state index in [0.29, 0.717) is 0 Å². The lowest BCUT2D eigenvalue weighted by Crippen LogP contribution is -2.45. The quantitative estimate of drug-likeness (QED) is 0.122. The van der Waals surface area contributed by atoms with Crippen LogP contribution in [0.15, 0.2) is 212 Å². The molecular weight excluding hydrogens is 637 g/mol. The molecule has 0 aliphatic rings. The van der Waals surface area contributed by atoms with Crippen molar-refractivity contribution in [3.8, 4) is 0 Å². The summed E-state index contributed by atoms with van der Waals surface area (Å²) in [6.07, 6.45) is 0. The van der Waals surface area contributed by atoms with Gasteiger partial charge >= 0.3 is 0 Å². The van der Waals surface area contributed by atoms with Crippen LogP contribution in [-0.2, 0) is 0 Å². The average molecular weight is 673 g/mol. The second-order valence-corrected chi connectivity index (χ2v) is 18.9. The molecular formula is C44H36NP2S+. The Morgan fingerprint density at radius 2 is 0.646 bits per heavy atom. The predicted molar refractivity (Wildman–Crippen MR) is 218 cm³/mol. The largest absolute Gasteiger partial charge is 0.343 e. The van der Waals surface area contributed by atoms with Gasteiger partial charge in [-0.25, -0.2) is 0 Å². The Kier molecular flexibility index (Phi) is 9.60. The lowest BCUT2D eigenvalue weighted by molar-refractivity contribution is 1.66. The van der Waals surface area contributed by atoms with Crippen molar-refractivity contribution in [2.75, 3.05) is 5.32 Å². The van der Waals surface area contributed by atoms with E-state index in [4.69, 9.17) is 12.2 Å². The summed E-state index contributed by atoms with van der Waals surface area (Å²) in [5.41, 5.74) is 0.972. The zero-order valence-electron chi connectivity index (χ0n) is 26.5. The molecule has 7 aromatic carbocycles. The SMILES string of the molecule is S=C(Nc1ccccc1)C(=P(c1ccccc1)(c1ccccc1)c1ccccc1)[P+](c1ccccc1)(c1ccccc1)c1ccccc1. The van der Waals surface area contributed by atoms with E-state index in [2.05, 4.69) is 212 Å². The molecule has 7 rings (SSSR count). The van der Waals surface area contributed by atoms with Crippen molar-refractivity contribution in [2.45, 2.75) is 0 Å². The Hall–Kier alpha value is -4.84. The minimum absolute atomic E-state index is 0.760. The van der Waals surface area contributed by atoms with Crippen molar-refractivity contribution in [2.24, 2.45) is 0 Å². The van der Waals surface area contributed by atoms with Crippen LogP contribution in [0.2, 0.25) is 0 Å². The van der Waals surface area contributed by atoms with Crippen LogP contribution in [0.25, 0.3) is 0 Å². The van der Waals surface area contributed by atoms with Gasteiger partial charge in [0, 0.05) is 12.6 Å². The second-order valence-electron chi connectivity index (χ2n) is 11.5. The fourth-order valence-electron chi connectivity index (χ4n) is 6.78. The van der Waals surface area contributed by atoms with Crippen LogP contribution < -0.4 is 37.1 Å². The monoisotopic (exact) mass is 672 g/mol. The van der Waals surface area contributed by atoms with E-state index >= 15 is 0 Å². The molecule has 0 amide bonds. The van der Waals surface area contributed by atoms with E-state index in [1.807, 2.05) is 6.07 Å². The molecule has 0 atom stereocenters. The Balaban J connectivity index is 1.82. The van der Waals surface area contributed by atoms with Gasteiger partial charge in [-0.1, -0.05) is 176 Å². The molecule has 48 heavy (non-hydrogen) atoms.